The molecule has 2 N–H and O–H groups in total. The number of hydrogen-bond donors (Lipinski definition) is 2. The Morgan fingerprint density at radius 3 is 2.88 bits per heavy atom. The highest BCUT2D eigenvalue weighted by Crippen LogP contribution is 2.36. The third kappa shape index (κ3) is 2.89. The van der Waals surface area contributed by atoms with E-state index in [1.54, 1.807) is 6.92 Å². The fourth-order valence-electron chi connectivity index (χ4n) is 3.41. The number of fused-ring (bicyclic) bond motifs is 1. The lowest BCUT2D eigenvalue weighted by molar-refractivity contribution is -0.385. The SMILES string of the molecule is CCn1nc(C)c([N+](=O)[O-])c1C(=O)NCC1(O)CCc2ccccc21. The summed E-state index contributed by atoms with van der Waals surface area (Å²) in [4.78, 5) is 23.3. The Bertz CT molecular complexity index is 845. The summed E-state index contributed by atoms with van der Waals surface area (Å²) in [5.41, 5.74) is 0.511. The van der Waals surface area contributed by atoms with Crippen LogP contribution >= 0.6 is 0 Å². The number of aromatic nitrogens is 2. The lowest BCUT2D eigenvalue weighted by Crippen LogP contribution is -2.40. The molecule has 1 amide bonds. The molecular formula is C17H20N4O4. The zero-order valence-electron chi connectivity index (χ0n) is 14.2. The normalized spacial score (nSPS) is 18.8. The van der Waals surface area contributed by atoms with Crippen LogP contribution < -0.4 is 5.32 Å². The van der Waals surface area contributed by atoms with Gasteiger partial charge in [0.2, 0.25) is 5.69 Å². The lowest BCUT2D eigenvalue weighted by Gasteiger charge is -2.24. The van der Waals surface area contributed by atoms with Gasteiger partial charge in [-0.2, -0.15) is 5.10 Å². The van der Waals surface area contributed by atoms with E-state index >= 15 is 0 Å². The van der Waals surface area contributed by atoms with Crippen LogP contribution in [0.4, 0.5) is 5.69 Å². The first-order chi connectivity index (χ1) is 11.9. The highest BCUT2D eigenvalue weighted by molar-refractivity contribution is 5.97. The molecule has 1 heterocycles. The number of rotatable bonds is 5. The first-order valence-electron chi connectivity index (χ1n) is 8.18. The van der Waals surface area contributed by atoms with Gasteiger partial charge < -0.3 is 10.4 Å². The zero-order valence-corrected chi connectivity index (χ0v) is 14.2. The molecule has 0 bridgehead atoms. The fourth-order valence-corrected chi connectivity index (χ4v) is 3.41. The number of carbonyl (C=O) groups excluding carboxylic acids is 1. The summed E-state index contributed by atoms with van der Waals surface area (Å²) in [7, 11) is 0. The molecule has 1 aliphatic carbocycles. The molecule has 132 valence electrons. The predicted molar refractivity (Wildman–Crippen MR) is 90.3 cm³/mol. The Labute approximate surface area is 144 Å². The van der Waals surface area contributed by atoms with E-state index in [1.807, 2.05) is 24.3 Å². The van der Waals surface area contributed by atoms with Crippen LogP contribution in [0.15, 0.2) is 24.3 Å². The van der Waals surface area contributed by atoms with Crippen LogP contribution in [-0.4, -0.2) is 32.3 Å². The van der Waals surface area contributed by atoms with Gasteiger partial charge in [-0.15, -0.1) is 0 Å². The molecule has 0 spiro atoms. The van der Waals surface area contributed by atoms with E-state index in [1.165, 1.54) is 11.6 Å². The van der Waals surface area contributed by atoms with Gasteiger partial charge in [0.1, 0.15) is 11.3 Å². The van der Waals surface area contributed by atoms with Crippen molar-refractivity contribution in [1.82, 2.24) is 15.1 Å². The fraction of sp³-hybridized carbons (Fsp3) is 0.412. The van der Waals surface area contributed by atoms with Gasteiger partial charge in [-0.3, -0.25) is 19.6 Å². The average Bonchev–Trinajstić information content (AvgIpc) is 3.11. The number of nitrogens with zero attached hydrogens (tertiary/aromatic N) is 3. The number of hydrogen-bond acceptors (Lipinski definition) is 5. The lowest BCUT2D eigenvalue weighted by atomic mass is 9.96. The van der Waals surface area contributed by atoms with Crippen LogP contribution in [0.25, 0.3) is 0 Å². The number of benzene rings is 1. The maximum Gasteiger partial charge on any atom is 0.322 e. The third-order valence-electron chi connectivity index (χ3n) is 4.66. The number of carbonyl (C=O) groups is 1. The van der Waals surface area contributed by atoms with Gasteiger partial charge in [0.05, 0.1) is 11.5 Å². The monoisotopic (exact) mass is 344 g/mol. The van der Waals surface area contributed by atoms with Crippen molar-refractivity contribution in [2.45, 2.75) is 38.8 Å². The van der Waals surface area contributed by atoms with Gasteiger partial charge in [-0.1, -0.05) is 24.3 Å². The Morgan fingerprint density at radius 2 is 2.20 bits per heavy atom. The van der Waals surface area contributed by atoms with Crippen LogP contribution in [0.2, 0.25) is 0 Å². The molecule has 1 aromatic heterocycles. The van der Waals surface area contributed by atoms with E-state index in [4.69, 9.17) is 0 Å². The Balaban J connectivity index is 1.84. The van der Waals surface area contributed by atoms with E-state index in [-0.39, 0.29) is 23.6 Å². The predicted octanol–water partition coefficient (Wildman–Crippen LogP) is 1.68. The molecule has 8 nitrogen and oxygen atoms in total. The molecule has 0 radical (unpaired) electrons. The van der Waals surface area contributed by atoms with Gasteiger partial charge in [0.15, 0.2) is 0 Å². The largest absolute Gasteiger partial charge is 0.383 e. The molecule has 2 aromatic rings. The molecule has 0 saturated carbocycles. The molecule has 0 aliphatic heterocycles. The van der Waals surface area contributed by atoms with E-state index in [9.17, 15) is 20.0 Å². The van der Waals surface area contributed by atoms with Gasteiger partial charge in [-0.05, 0) is 37.8 Å². The third-order valence-corrected chi connectivity index (χ3v) is 4.66. The van der Waals surface area contributed by atoms with Gasteiger partial charge in [0, 0.05) is 6.54 Å². The smallest absolute Gasteiger partial charge is 0.322 e. The standard InChI is InChI=1S/C17H20N4O4/c1-3-20-15(14(21(24)25)11(2)19-20)16(22)18-10-17(23)9-8-12-6-4-5-7-13(12)17/h4-7,23H,3,8-10H2,1-2H3,(H,18,22). The van der Waals surface area contributed by atoms with Gasteiger partial charge in [0.25, 0.3) is 5.91 Å². The van der Waals surface area contributed by atoms with Crippen LogP contribution in [0.1, 0.15) is 40.7 Å². The topological polar surface area (TPSA) is 110 Å². The van der Waals surface area contributed by atoms with Crippen molar-refractivity contribution < 1.29 is 14.8 Å². The van der Waals surface area contributed by atoms with Crippen molar-refractivity contribution in [3.8, 4) is 0 Å². The molecule has 1 unspecified atom stereocenters. The van der Waals surface area contributed by atoms with Crippen molar-refractivity contribution >= 4 is 11.6 Å². The quantitative estimate of drug-likeness (QED) is 0.633. The Hall–Kier alpha value is -2.74. The second-order valence-electron chi connectivity index (χ2n) is 6.23. The van der Waals surface area contributed by atoms with Crippen LogP contribution in [0.3, 0.4) is 0 Å². The second kappa shape index (κ2) is 6.29. The molecule has 8 heteroatoms. The number of aryl methyl sites for hydroxylation is 3. The van der Waals surface area contributed by atoms with Crippen LogP contribution in [0.5, 0.6) is 0 Å². The molecule has 1 aromatic carbocycles. The number of amides is 1. The summed E-state index contributed by atoms with van der Waals surface area (Å²) in [6.45, 7) is 3.59. The molecule has 1 aliphatic rings. The molecule has 25 heavy (non-hydrogen) atoms. The molecule has 0 fully saturated rings. The minimum absolute atomic E-state index is 0.00601. The Kier molecular flexibility index (Phi) is 4.30. The summed E-state index contributed by atoms with van der Waals surface area (Å²) in [5, 5.41) is 28.9. The summed E-state index contributed by atoms with van der Waals surface area (Å²) >= 11 is 0. The van der Waals surface area contributed by atoms with E-state index in [2.05, 4.69) is 10.4 Å². The highest BCUT2D eigenvalue weighted by atomic mass is 16.6. The summed E-state index contributed by atoms with van der Waals surface area (Å²) in [6.07, 6.45) is 1.23. The van der Waals surface area contributed by atoms with Crippen molar-refractivity contribution in [3.05, 3.63) is 56.9 Å². The number of aliphatic hydroxyl groups is 1. The molecule has 0 saturated heterocycles. The van der Waals surface area contributed by atoms with Crippen LogP contribution in [0, 0.1) is 17.0 Å². The number of nitro groups is 1. The molecule has 1 atom stereocenters. The van der Waals surface area contributed by atoms with Crippen molar-refractivity contribution in [1.29, 1.82) is 0 Å². The second-order valence-corrected chi connectivity index (χ2v) is 6.23. The minimum Gasteiger partial charge on any atom is -0.383 e. The maximum absolute atomic E-state index is 12.6. The maximum atomic E-state index is 12.6. The van der Waals surface area contributed by atoms with Crippen molar-refractivity contribution in [2.75, 3.05) is 6.54 Å². The number of nitrogens with one attached hydrogen (secondary N) is 1. The van der Waals surface area contributed by atoms with Crippen molar-refractivity contribution in [3.63, 3.8) is 0 Å². The van der Waals surface area contributed by atoms with Crippen LogP contribution in [-0.2, 0) is 18.6 Å². The summed E-state index contributed by atoms with van der Waals surface area (Å²) < 4.78 is 1.31. The molecule has 3 rings (SSSR count). The van der Waals surface area contributed by atoms with E-state index in [0.717, 1.165) is 17.5 Å². The van der Waals surface area contributed by atoms with Gasteiger partial charge in [-0.25, -0.2) is 0 Å². The zero-order chi connectivity index (χ0) is 18.2. The summed E-state index contributed by atoms with van der Waals surface area (Å²) in [5.74, 6) is -0.605. The Morgan fingerprint density at radius 1 is 1.48 bits per heavy atom. The van der Waals surface area contributed by atoms with E-state index in [0.29, 0.717) is 13.0 Å². The first kappa shape index (κ1) is 17.1. The molecular weight excluding hydrogens is 324 g/mol. The minimum atomic E-state index is -1.16. The average molecular weight is 344 g/mol. The summed E-state index contributed by atoms with van der Waals surface area (Å²) in [6, 6.07) is 7.55. The van der Waals surface area contributed by atoms with Crippen molar-refractivity contribution in [2.24, 2.45) is 0 Å². The van der Waals surface area contributed by atoms with E-state index < -0.39 is 16.4 Å². The van der Waals surface area contributed by atoms with Gasteiger partial charge >= 0.3 is 5.69 Å². The first-order valence-corrected chi connectivity index (χ1v) is 8.18. The highest BCUT2D eigenvalue weighted by Gasteiger charge is 2.38.